The lowest BCUT2D eigenvalue weighted by atomic mass is 10.3. The highest BCUT2D eigenvalue weighted by Gasteiger charge is 2.24. The zero-order chi connectivity index (χ0) is 8.74. The molecule has 3 heteroatoms. The van der Waals surface area contributed by atoms with Crippen LogP contribution in [0.25, 0.3) is 0 Å². The third kappa shape index (κ3) is 4.67. The molecular weight excluding hydrogens is 160 g/mol. The third-order valence-electron chi connectivity index (χ3n) is 1.23. The van der Waals surface area contributed by atoms with E-state index in [-0.39, 0.29) is 0 Å². The van der Waals surface area contributed by atoms with Crippen molar-refractivity contribution in [2.75, 3.05) is 13.2 Å². The van der Waals surface area contributed by atoms with Gasteiger partial charge in [-0.05, 0) is 20.3 Å². The van der Waals surface area contributed by atoms with E-state index < -0.39 is 5.12 Å². The fourth-order valence-corrected chi connectivity index (χ4v) is 1.28. The molecule has 0 aliphatic rings. The SMILES string of the molecule is [CH2]CCC(S)(OCC)OCC. The van der Waals surface area contributed by atoms with Gasteiger partial charge in [0.25, 0.3) is 0 Å². The van der Waals surface area contributed by atoms with E-state index in [9.17, 15) is 0 Å². The van der Waals surface area contributed by atoms with Crippen LogP contribution in [-0.2, 0) is 9.47 Å². The monoisotopic (exact) mass is 177 g/mol. The van der Waals surface area contributed by atoms with Crippen molar-refractivity contribution in [2.45, 2.75) is 31.8 Å². The van der Waals surface area contributed by atoms with Crippen LogP contribution in [0.3, 0.4) is 0 Å². The molecule has 0 aliphatic carbocycles. The van der Waals surface area contributed by atoms with Crippen LogP contribution in [0.15, 0.2) is 0 Å². The maximum atomic E-state index is 5.31. The third-order valence-corrected chi connectivity index (χ3v) is 1.71. The van der Waals surface area contributed by atoms with Gasteiger partial charge in [0, 0.05) is 19.6 Å². The second kappa shape index (κ2) is 5.86. The number of rotatable bonds is 6. The van der Waals surface area contributed by atoms with E-state index in [0.29, 0.717) is 13.2 Å². The molecular formula is C8H17O2S. The first-order valence-electron chi connectivity index (χ1n) is 3.98. The van der Waals surface area contributed by atoms with Crippen LogP contribution in [-0.4, -0.2) is 18.3 Å². The van der Waals surface area contributed by atoms with Crippen molar-refractivity contribution in [3.05, 3.63) is 6.92 Å². The molecule has 0 aromatic rings. The Balaban J connectivity index is 3.79. The molecule has 0 amide bonds. The minimum Gasteiger partial charge on any atom is -0.342 e. The van der Waals surface area contributed by atoms with Crippen molar-refractivity contribution in [1.29, 1.82) is 0 Å². The highest BCUT2D eigenvalue weighted by atomic mass is 32.1. The van der Waals surface area contributed by atoms with Gasteiger partial charge in [-0.2, -0.15) is 0 Å². The summed E-state index contributed by atoms with van der Waals surface area (Å²) in [5.41, 5.74) is 0. The Morgan fingerprint density at radius 1 is 1.27 bits per heavy atom. The molecule has 0 rings (SSSR count). The Hall–Kier alpha value is 0.270. The van der Waals surface area contributed by atoms with Crippen LogP contribution in [0.2, 0.25) is 0 Å². The van der Waals surface area contributed by atoms with Gasteiger partial charge >= 0.3 is 0 Å². The van der Waals surface area contributed by atoms with Gasteiger partial charge in [-0.3, -0.25) is 0 Å². The summed E-state index contributed by atoms with van der Waals surface area (Å²) in [5, 5.41) is -0.717. The zero-order valence-corrected chi connectivity index (χ0v) is 8.19. The normalized spacial score (nSPS) is 12.0. The van der Waals surface area contributed by atoms with Crippen molar-refractivity contribution in [3.8, 4) is 0 Å². The molecule has 0 spiro atoms. The Morgan fingerprint density at radius 2 is 1.73 bits per heavy atom. The van der Waals surface area contributed by atoms with Gasteiger partial charge in [-0.1, -0.05) is 6.92 Å². The Morgan fingerprint density at radius 3 is 2.00 bits per heavy atom. The van der Waals surface area contributed by atoms with E-state index in [1.54, 1.807) is 0 Å². The summed E-state index contributed by atoms with van der Waals surface area (Å²) in [6.45, 7) is 8.80. The number of hydrogen-bond donors (Lipinski definition) is 1. The lowest BCUT2D eigenvalue weighted by Gasteiger charge is -2.27. The van der Waals surface area contributed by atoms with Crippen LogP contribution in [0.4, 0.5) is 0 Å². The molecule has 0 aromatic carbocycles. The average Bonchev–Trinajstić information content (AvgIpc) is 1.88. The molecule has 0 unspecified atom stereocenters. The van der Waals surface area contributed by atoms with Gasteiger partial charge < -0.3 is 9.47 Å². The van der Waals surface area contributed by atoms with Gasteiger partial charge in [0.2, 0.25) is 5.12 Å². The predicted octanol–water partition coefficient (Wildman–Crippen LogP) is 2.26. The largest absolute Gasteiger partial charge is 0.342 e. The maximum Gasteiger partial charge on any atom is 0.215 e. The second-order valence-corrected chi connectivity index (χ2v) is 2.86. The molecule has 0 saturated carbocycles. The van der Waals surface area contributed by atoms with Gasteiger partial charge in [-0.25, -0.2) is 0 Å². The molecule has 67 valence electrons. The number of ether oxygens (including phenoxy) is 2. The molecule has 11 heavy (non-hydrogen) atoms. The van der Waals surface area contributed by atoms with Crippen molar-refractivity contribution in [1.82, 2.24) is 0 Å². The molecule has 0 aliphatic heterocycles. The first-order chi connectivity index (χ1) is 5.18. The van der Waals surface area contributed by atoms with E-state index in [0.717, 1.165) is 12.8 Å². The standard InChI is InChI=1S/C8H17O2S/c1-4-7-8(11,9-5-2)10-6-3/h11H,1,4-7H2,2-3H3. The van der Waals surface area contributed by atoms with Crippen LogP contribution < -0.4 is 0 Å². The molecule has 0 heterocycles. The van der Waals surface area contributed by atoms with Gasteiger partial charge in [0.1, 0.15) is 0 Å². The first-order valence-corrected chi connectivity index (χ1v) is 4.42. The summed E-state index contributed by atoms with van der Waals surface area (Å²) < 4.78 is 10.6. The van der Waals surface area contributed by atoms with Gasteiger partial charge in [0.15, 0.2) is 0 Å². The van der Waals surface area contributed by atoms with Crippen LogP contribution >= 0.6 is 12.6 Å². The smallest absolute Gasteiger partial charge is 0.215 e. The van der Waals surface area contributed by atoms with Crippen molar-refractivity contribution in [2.24, 2.45) is 0 Å². The Bertz CT molecular complexity index is 79.1. The van der Waals surface area contributed by atoms with Gasteiger partial charge in [-0.15, -0.1) is 12.6 Å². The summed E-state index contributed by atoms with van der Waals surface area (Å²) in [5.74, 6) is 0. The summed E-state index contributed by atoms with van der Waals surface area (Å²) >= 11 is 4.27. The highest BCUT2D eigenvalue weighted by molar-refractivity contribution is 7.81. The van der Waals surface area contributed by atoms with Crippen molar-refractivity contribution in [3.63, 3.8) is 0 Å². The minimum absolute atomic E-state index is 0.615. The van der Waals surface area contributed by atoms with Crippen LogP contribution in [0.5, 0.6) is 0 Å². The predicted molar refractivity (Wildman–Crippen MR) is 49.6 cm³/mol. The quantitative estimate of drug-likeness (QED) is 0.495. The maximum absolute atomic E-state index is 5.31. The molecule has 2 nitrogen and oxygen atoms in total. The minimum atomic E-state index is -0.717. The van der Waals surface area contributed by atoms with E-state index in [4.69, 9.17) is 9.47 Å². The average molecular weight is 177 g/mol. The highest BCUT2D eigenvalue weighted by Crippen LogP contribution is 2.23. The Kier molecular flexibility index (Phi) is 6.01. The lowest BCUT2D eigenvalue weighted by Crippen LogP contribution is -2.29. The van der Waals surface area contributed by atoms with Crippen LogP contribution in [0, 0.1) is 6.92 Å². The van der Waals surface area contributed by atoms with Gasteiger partial charge in [0.05, 0.1) is 0 Å². The number of hydrogen-bond acceptors (Lipinski definition) is 3. The molecule has 0 N–H and O–H groups in total. The molecule has 0 atom stereocenters. The molecule has 0 bridgehead atoms. The van der Waals surface area contributed by atoms with E-state index >= 15 is 0 Å². The summed E-state index contributed by atoms with van der Waals surface area (Å²) in [4.78, 5) is 0. The fraction of sp³-hybridized carbons (Fsp3) is 0.875. The van der Waals surface area contributed by atoms with E-state index in [2.05, 4.69) is 19.6 Å². The van der Waals surface area contributed by atoms with Crippen molar-refractivity contribution >= 4 is 12.6 Å². The van der Waals surface area contributed by atoms with E-state index in [1.165, 1.54) is 0 Å². The summed E-state index contributed by atoms with van der Waals surface area (Å²) in [7, 11) is 0. The Labute approximate surface area is 74.7 Å². The number of thiol groups is 1. The van der Waals surface area contributed by atoms with E-state index in [1.807, 2.05) is 13.8 Å². The zero-order valence-electron chi connectivity index (χ0n) is 7.30. The lowest BCUT2D eigenvalue weighted by molar-refractivity contribution is -0.167. The topological polar surface area (TPSA) is 18.5 Å². The molecule has 0 aromatic heterocycles. The molecule has 0 fully saturated rings. The fourth-order valence-electron chi connectivity index (χ4n) is 0.860. The second-order valence-electron chi connectivity index (χ2n) is 2.18. The molecule has 1 radical (unpaired) electrons. The van der Waals surface area contributed by atoms with Crippen LogP contribution in [0.1, 0.15) is 26.7 Å². The molecule has 0 saturated heterocycles. The summed E-state index contributed by atoms with van der Waals surface area (Å²) in [6.07, 6.45) is 1.49. The summed E-state index contributed by atoms with van der Waals surface area (Å²) in [6, 6.07) is 0. The first kappa shape index (κ1) is 11.3. The van der Waals surface area contributed by atoms with Crippen molar-refractivity contribution < 1.29 is 9.47 Å².